The molecule has 0 aliphatic heterocycles. The molecule has 18 heavy (non-hydrogen) atoms. The van der Waals surface area contributed by atoms with Gasteiger partial charge in [-0.25, -0.2) is 18.1 Å². The van der Waals surface area contributed by atoms with E-state index < -0.39 is 10.0 Å². The van der Waals surface area contributed by atoms with Crippen molar-refractivity contribution in [2.45, 2.75) is 25.3 Å². The second-order valence-electron chi connectivity index (χ2n) is 4.02. The lowest BCUT2D eigenvalue weighted by atomic mass is 10.2. The van der Waals surface area contributed by atoms with Crippen molar-refractivity contribution < 1.29 is 8.42 Å². The van der Waals surface area contributed by atoms with E-state index in [0.717, 1.165) is 16.1 Å². The lowest BCUT2D eigenvalue weighted by Crippen LogP contribution is -2.23. The lowest BCUT2D eigenvalue weighted by molar-refractivity contribution is 0.580. The summed E-state index contributed by atoms with van der Waals surface area (Å²) >= 11 is 1.43. The Labute approximate surface area is 111 Å². The summed E-state index contributed by atoms with van der Waals surface area (Å²) in [5, 5.41) is 2.57. The summed E-state index contributed by atoms with van der Waals surface area (Å²) in [5.74, 6) is 0. The van der Waals surface area contributed by atoms with Crippen LogP contribution in [0.3, 0.4) is 0 Å². The van der Waals surface area contributed by atoms with Crippen LogP contribution in [0.15, 0.2) is 34.7 Å². The van der Waals surface area contributed by atoms with Crippen molar-refractivity contribution in [3.8, 4) is 0 Å². The van der Waals surface area contributed by atoms with Gasteiger partial charge in [0, 0.05) is 11.6 Å². The topological polar surface area (TPSA) is 59.1 Å². The number of nitrogens with zero attached hydrogens (tertiary/aromatic N) is 1. The van der Waals surface area contributed by atoms with E-state index in [9.17, 15) is 8.42 Å². The molecule has 1 N–H and O–H groups in total. The maximum Gasteiger partial charge on any atom is 0.241 e. The molecular formula is C12H14N2O2S2. The summed E-state index contributed by atoms with van der Waals surface area (Å²) in [6.07, 6.45) is 1.66. The fraction of sp³-hybridized carbons (Fsp3) is 0.250. The number of thiazole rings is 1. The molecule has 0 aliphatic rings. The highest BCUT2D eigenvalue weighted by Gasteiger charge is 2.16. The third-order valence-corrected chi connectivity index (χ3v) is 4.86. The highest BCUT2D eigenvalue weighted by molar-refractivity contribution is 7.89. The Morgan fingerprint density at radius 2 is 2.11 bits per heavy atom. The van der Waals surface area contributed by atoms with Crippen LogP contribution in [0.5, 0.6) is 0 Å². The molecule has 0 fully saturated rings. The molecule has 4 nitrogen and oxygen atoms in total. The Morgan fingerprint density at radius 3 is 2.72 bits per heavy atom. The van der Waals surface area contributed by atoms with E-state index in [1.54, 1.807) is 25.3 Å². The number of aryl methyl sites for hydroxylation is 2. The fourth-order valence-electron chi connectivity index (χ4n) is 1.68. The zero-order valence-corrected chi connectivity index (χ0v) is 11.8. The summed E-state index contributed by atoms with van der Waals surface area (Å²) in [7, 11) is -3.47. The summed E-state index contributed by atoms with van der Waals surface area (Å²) in [6, 6.07) is 5.29. The first-order valence-corrected chi connectivity index (χ1v) is 7.80. The number of rotatable bonds is 4. The zero-order chi connectivity index (χ0) is 13.2. The average molecular weight is 282 g/mol. The Kier molecular flexibility index (Phi) is 3.79. The minimum Gasteiger partial charge on any atom is -0.248 e. The minimum absolute atomic E-state index is 0.229. The second-order valence-corrected chi connectivity index (χ2v) is 6.73. The van der Waals surface area contributed by atoms with E-state index in [4.69, 9.17) is 0 Å². The second kappa shape index (κ2) is 5.17. The zero-order valence-electron chi connectivity index (χ0n) is 10.2. The molecule has 0 spiro atoms. The van der Waals surface area contributed by atoms with Crippen molar-refractivity contribution in [1.82, 2.24) is 9.71 Å². The van der Waals surface area contributed by atoms with E-state index in [1.165, 1.54) is 11.3 Å². The molecule has 0 saturated carbocycles. The van der Waals surface area contributed by atoms with E-state index >= 15 is 0 Å². The van der Waals surface area contributed by atoms with Crippen molar-refractivity contribution in [2.75, 3.05) is 0 Å². The predicted octanol–water partition coefficient (Wildman–Crippen LogP) is 2.24. The van der Waals surface area contributed by atoms with E-state index in [2.05, 4.69) is 9.71 Å². The summed E-state index contributed by atoms with van der Waals surface area (Å²) < 4.78 is 26.8. The van der Waals surface area contributed by atoms with E-state index in [-0.39, 0.29) is 6.54 Å². The smallest absolute Gasteiger partial charge is 0.241 e. The number of sulfonamides is 1. The van der Waals surface area contributed by atoms with Gasteiger partial charge in [0.2, 0.25) is 10.0 Å². The molecule has 1 aromatic heterocycles. The van der Waals surface area contributed by atoms with Crippen LogP contribution in [0.25, 0.3) is 0 Å². The van der Waals surface area contributed by atoms with Gasteiger partial charge in [0.05, 0.1) is 11.4 Å². The molecule has 96 valence electrons. The van der Waals surface area contributed by atoms with Crippen molar-refractivity contribution in [3.63, 3.8) is 0 Å². The normalized spacial score (nSPS) is 11.7. The summed E-state index contributed by atoms with van der Waals surface area (Å²) in [5.41, 5.74) is 1.80. The molecular weight excluding hydrogens is 268 g/mol. The maximum absolute atomic E-state index is 12.1. The van der Waals surface area contributed by atoms with Crippen LogP contribution in [-0.2, 0) is 16.6 Å². The molecule has 6 heteroatoms. The van der Waals surface area contributed by atoms with Crippen molar-refractivity contribution >= 4 is 21.4 Å². The predicted molar refractivity (Wildman–Crippen MR) is 72.1 cm³/mol. The quantitative estimate of drug-likeness (QED) is 0.935. The third-order valence-electron chi connectivity index (χ3n) is 2.52. The first-order chi connectivity index (χ1) is 8.49. The minimum atomic E-state index is -3.47. The van der Waals surface area contributed by atoms with Gasteiger partial charge in [-0.2, -0.15) is 0 Å². The van der Waals surface area contributed by atoms with Gasteiger partial charge >= 0.3 is 0 Å². The Hall–Kier alpha value is -1.24. The number of aromatic nitrogens is 1. The molecule has 0 saturated heterocycles. The number of hydrogen-bond acceptors (Lipinski definition) is 4. The van der Waals surface area contributed by atoms with Gasteiger partial charge in [-0.05, 0) is 25.5 Å². The van der Waals surface area contributed by atoms with Crippen LogP contribution in [0.4, 0.5) is 0 Å². The van der Waals surface area contributed by atoms with Gasteiger partial charge in [0.25, 0.3) is 0 Å². The largest absolute Gasteiger partial charge is 0.248 e. The fourth-order valence-corrected chi connectivity index (χ4v) is 3.54. The first-order valence-electron chi connectivity index (χ1n) is 5.44. The SMILES string of the molecule is Cc1ccc(S(=O)(=O)NCc2nccs2)c(C)c1. The molecule has 0 amide bonds. The van der Waals surface area contributed by atoms with Gasteiger partial charge in [0.1, 0.15) is 5.01 Å². The molecule has 2 rings (SSSR count). The van der Waals surface area contributed by atoms with Gasteiger partial charge in [-0.15, -0.1) is 11.3 Å². The Bertz CT molecular complexity index is 634. The molecule has 0 radical (unpaired) electrons. The Morgan fingerprint density at radius 1 is 1.33 bits per heavy atom. The van der Waals surface area contributed by atoms with Crippen LogP contribution in [0.1, 0.15) is 16.1 Å². The molecule has 0 aliphatic carbocycles. The van der Waals surface area contributed by atoms with Crippen molar-refractivity contribution in [1.29, 1.82) is 0 Å². The van der Waals surface area contributed by atoms with E-state index in [1.807, 2.05) is 18.4 Å². The number of nitrogens with one attached hydrogen (secondary N) is 1. The lowest BCUT2D eigenvalue weighted by Gasteiger charge is -2.08. The molecule has 0 unspecified atom stereocenters. The van der Waals surface area contributed by atoms with Crippen molar-refractivity contribution in [3.05, 3.63) is 45.9 Å². The Balaban J connectivity index is 2.20. The molecule has 0 atom stereocenters. The third kappa shape index (κ3) is 2.95. The molecule has 1 aromatic carbocycles. The van der Waals surface area contributed by atoms with Gasteiger partial charge in [0.15, 0.2) is 0 Å². The first kappa shape index (κ1) is 13.2. The van der Waals surface area contributed by atoms with Crippen LogP contribution < -0.4 is 4.72 Å². The number of benzene rings is 1. The average Bonchev–Trinajstić information content (AvgIpc) is 2.78. The molecule has 2 aromatic rings. The standard InChI is InChI=1S/C12H14N2O2S2/c1-9-3-4-11(10(2)7-9)18(15,16)14-8-12-13-5-6-17-12/h3-7,14H,8H2,1-2H3. The number of hydrogen-bond donors (Lipinski definition) is 1. The molecule has 0 bridgehead atoms. The van der Waals surface area contributed by atoms with Gasteiger partial charge in [-0.1, -0.05) is 17.7 Å². The van der Waals surface area contributed by atoms with E-state index in [0.29, 0.717) is 4.90 Å². The maximum atomic E-state index is 12.1. The van der Waals surface area contributed by atoms with Gasteiger partial charge in [-0.3, -0.25) is 0 Å². The van der Waals surface area contributed by atoms with Crippen LogP contribution in [0, 0.1) is 13.8 Å². The monoisotopic (exact) mass is 282 g/mol. The highest BCUT2D eigenvalue weighted by atomic mass is 32.2. The van der Waals surface area contributed by atoms with Crippen molar-refractivity contribution in [2.24, 2.45) is 0 Å². The van der Waals surface area contributed by atoms with Crippen LogP contribution >= 0.6 is 11.3 Å². The summed E-state index contributed by atoms with van der Waals surface area (Å²) in [4.78, 5) is 4.36. The highest BCUT2D eigenvalue weighted by Crippen LogP contribution is 2.16. The van der Waals surface area contributed by atoms with Crippen LogP contribution in [0.2, 0.25) is 0 Å². The van der Waals surface area contributed by atoms with Crippen LogP contribution in [-0.4, -0.2) is 13.4 Å². The summed E-state index contributed by atoms with van der Waals surface area (Å²) in [6.45, 7) is 3.96. The van der Waals surface area contributed by atoms with Gasteiger partial charge < -0.3 is 0 Å². The molecule has 1 heterocycles.